The third-order valence-corrected chi connectivity index (χ3v) is 5.03. The number of carbonyl (C=O) groups is 2. The molecule has 2 aliphatic rings. The largest absolute Gasteiger partial charge is 0.465 e. The lowest BCUT2D eigenvalue weighted by Crippen LogP contribution is -2.54. The number of hydrogen-bond acceptors (Lipinski definition) is 5. The van der Waals surface area contributed by atoms with E-state index in [2.05, 4.69) is 10.3 Å². The van der Waals surface area contributed by atoms with Crippen LogP contribution >= 0.6 is 0 Å². The Morgan fingerprint density at radius 1 is 1.37 bits per heavy atom. The van der Waals surface area contributed by atoms with E-state index >= 15 is 0 Å². The van der Waals surface area contributed by atoms with Crippen molar-refractivity contribution in [1.29, 1.82) is 0 Å². The second-order valence-corrected chi connectivity index (χ2v) is 6.58. The van der Waals surface area contributed by atoms with Gasteiger partial charge in [0.25, 0.3) is 0 Å². The van der Waals surface area contributed by atoms with Crippen LogP contribution in [-0.4, -0.2) is 29.3 Å². The number of amides is 1. The molecule has 2 aromatic rings. The van der Waals surface area contributed by atoms with Crippen molar-refractivity contribution >= 4 is 17.7 Å². The number of esters is 1. The molecule has 1 N–H and O–H groups in total. The standard InChI is InChI=1S/C20H18FN3O3/c1-2-27-19(26)16-18(25)23-17(15-5-3-4-10-22-15)24-20(16)9-8-12-11-13(21)6-7-14(12)20/h3-7,10-11,16H,2,8-9H2,1H3,(H,23,24,25). The first-order valence-corrected chi connectivity index (χ1v) is 8.83. The van der Waals surface area contributed by atoms with Gasteiger partial charge in [-0.1, -0.05) is 12.1 Å². The molecule has 4 rings (SSSR count). The summed E-state index contributed by atoms with van der Waals surface area (Å²) >= 11 is 0. The van der Waals surface area contributed by atoms with Gasteiger partial charge in [0.15, 0.2) is 11.8 Å². The molecule has 27 heavy (non-hydrogen) atoms. The fourth-order valence-corrected chi connectivity index (χ4v) is 3.92. The molecule has 1 aromatic carbocycles. The van der Waals surface area contributed by atoms with Crippen molar-refractivity contribution in [3.63, 3.8) is 0 Å². The number of aromatic nitrogens is 1. The number of halogens is 1. The number of aryl methyl sites for hydroxylation is 1. The lowest BCUT2D eigenvalue weighted by molar-refractivity contribution is -0.155. The normalized spacial score (nSPS) is 23.6. The number of fused-ring (bicyclic) bond motifs is 2. The summed E-state index contributed by atoms with van der Waals surface area (Å²) in [6.07, 6.45) is 2.54. The van der Waals surface area contributed by atoms with Crippen molar-refractivity contribution < 1.29 is 18.7 Å². The highest BCUT2D eigenvalue weighted by molar-refractivity contribution is 6.14. The third kappa shape index (κ3) is 2.79. The molecule has 7 heteroatoms. The van der Waals surface area contributed by atoms with Crippen molar-refractivity contribution in [3.05, 3.63) is 65.2 Å². The molecule has 2 unspecified atom stereocenters. The zero-order valence-corrected chi connectivity index (χ0v) is 14.7. The van der Waals surface area contributed by atoms with Gasteiger partial charge < -0.3 is 10.1 Å². The van der Waals surface area contributed by atoms with E-state index in [1.165, 1.54) is 12.1 Å². The molecule has 0 fully saturated rings. The lowest BCUT2D eigenvalue weighted by Gasteiger charge is -2.36. The number of amidine groups is 1. The predicted molar refractivity (Wildman–Crippen MR) is 95.4 cm³/mol. The molecule has 1 aromatic heterocycles. The SMILES string of the molecule is CCOC(=O)C1C(=O)NC(c2ccccn2)=NC12CCc1cc(F)ccc12. The topological polar surface area (TPSA) is 80.7 Å². The van der Waals surface area contributed by atoms with E-state index in [1.807, 2.05) is 0 Å². The Bertz CT molecular complexity index is 945. The minimum Gasteiger partial charge on any atom is -0.465 e. The van der Waals surface area contributed by atoms with E-state index in [9.17, 15) is 14.0 Å². The first kappa shape index (κ1) is 17.3. The molecule has 0 saturated carbocycles. The van der Waals surface area contributed by atoms with E-state index in [-0.39, 0.29) is 12.4 Å². The number of nitrogens with one attached hydrogen (secondary N) is 1. The molecule has 1 amide bonds. The Morgan fingerprint density at radius 3 is 2.96 bits per heavy atom. The van der Waals surface area contributed by atoms with Gasteiger partial charge in [0.2, 0.25) is 5.91 Å². The number of hydrogen-bond donors (Lipinski definition) is 1. The monoisotopic (exact) mass is 367 g/mol. The maximum Gasteiger partial charge on any atom is 0.321 e. The van der Waals surface area contributed by atoms with Gasteiger partial charge in [0.05, 0.1) is 6.61 Å². The minimum absolute atomic E-state index is 0.159. The van der Waals surface area contributed by atoms with Crippen LogP contribution in [0.5, 0.6) is 0 Å². The third-order valence-electron chi connectivity index (χ3n) is 5.03. The summed E-state index contributed by atoms with van der Waals surface area (Å²) in [6.45, 7) is 1.84. The summed E-state index contributed by atoms with van der Waals surface area (Å²) in [5.74, 6) is -2.29. The van der Waals surface area contributed by atoms with Gasteiger partial charge in [-0.3, -0.25) is 19.6 Å². The number of pyridine rings is 1. The number of aliphatic imine (C=N–C) groups is 1. The summed E-state index contributed by atoms with van der Waals surface area (Å²) in [5.41, 5.74) is 0.821. The van der Waals surface area contributed by atoms with Crippen molar-refractivity contribution in [2.75, 3.05) is 6.61 Å². The van der Waals surface area contributed by atoms with Gasteiger partial charge in [0, 0.05) is 6.20 Å². The van der Waals surface area contributed by atoms with E-state index in [1.54, 1.807) is 37.4 Å². The average molecular weight is 367 g/mol. The molecule has 1 spiro atoms. The summed E-state index contributed by atoms with van der Waals surface area (Å²) in [6, 6.07) is 9.67. The molecule has 1 aliphatic heterocycles. The van der Waals surface area contributed by atoms with Gasteiger partial charge in [-0.05, 0) is 55.2 Å². The van der Waals surface area contributed by atoms with Crippen LogP contribution in [0.1, 0.15) is 30.2 Å². The average Bonchev–Trinajstić information content (AvgIpc) is 2.99. The van der Waals surface area contributed by atoms with Gasteiger partial charge in [-0.15, -0.1) is 0 Å². The first-order chi connectivity index (χ1) is 13.0. The summed E-state index contributed by atoms with van der Waals surface area (Å²) in [4.78, 5) is 34.6. The quantitative estimate of drug-likeness (QED) is 0.666. The number of ether oxygens (including phenoxy) is 1. The molecular formula is C20H18FN3O3. The van der Waals surface area contributed by atoms with Crippen LogP contribution < -0.4 is 5.32 Å². The Balaban J connectivity index is 1.90. The van der Waals surface area contributed by atoms with Crippen LogP contribution in [0.3, 0.4) is 0 Å². The van der Waals surface area contributed by atoms with Gasteiger partial charge in [0.1, 0.15) is 17.1 Å². The fourth-order valence-electron chi connectivity index (χ4n) is 3.92. The highest BCUT2D eigenvalue weighted by atomic mass is 19.1. The molecular weight excluding hydrogens is 349 g/mol. The Labute approximate surface area is 155 Å². The van der Waals surface area contributed by atoms with Crippen molar-refractivity contribution in [3.8, 4) is 0 Å². The molecule has 0 bridgehead atoms. The number of carbonyl (C=O) groups excluding carboxylic acids is 2. The molecule has 1 aliphatic carbocycles. The number of rotatable bonds is 3. The maximum absolute atomic E-state index is 13.7. The van der Waals surface area contributed by atoms with Gasteiger partial charge >= 0.3 is 5.97 Å². The van der Waals surface area contributed by atoms with Crippen LogP contribution in [0, 0.1) is 11.7 Å². The maximum atomic E-state index is 13.7. The van der Waals surface area contributed by atoms with E-state index in [4.69, 9.17) is 9.73 Å². The van der Waals surface area contributed by atoms with E-state index in [0.717, 1.165) is 5.56 Å². The van der Waals surface area contributed by atoms with Gasteiger partial charge in [-0.25, -0.2) is 4.39 Å². The van der Waals surface area contributed by atoms with Gasteiger partial charge in [-0.2, -0.15) is 0 Å². The molecule has 138 valence electrons. The van der Waals surface area contributed by atoms with Crippen LogP contribution in [0.25, 0.3) is 0 Å². The molecule has 2 atom stereocenters. The van der Waals surface area contributed by atoms with Crippen LogP contribution in [-0.2, 0) is 26.3 Å². The van der Waals surface area contributed by atoms with Crippen LogP contribution in [0.15, 0.2) is 47.6 Å². The van der Waals surface area contributed by atoms with Crippen LogP contribution in [0.4, 0.5) is 4.39 Å². The summed E-state index contributed by atoms with van der Waals surface area (Å²) in [7, 11) is 0. The summed E-state index contributed by atoms with van der Waals surface area (Å²) in [5, 5.41) is 2.69. The fraction of sp³-hybridized carbons (Fsp3) is 0.300. The Hall–Kier alpha value is -3.09. The molecule has 6 nitrogen and oxygen atoms in total. The molecule has 0 saturated heterocycles. The first-order valence-electron chi connectivity index (χ1n) is 8.83. The van der Waals surface area contributed by atoms with Crippen molar-refractivity contribution in [1.82, 2.24) is 10.3 Å². The van der Waals surface area contributed by atoms with Crippen LogP contribution in [0.2, 0.25) is 0 Å². The zero-order valence-electron chi connectivity index (χ0n) is 14.7. The Morgan fingerprint density at radius 2 is 2.22 bits per heavy atom. The van der Waals surface area contributed by atoms with E-state index in [0.29, 0.717) is 29.9 Å². The lowest BCUT2D eigenvalue weighted by atomic mass is 9.77. The highest BCUT2D eigenvalue weighted by Crippen LogP contribution is 2.48. The minimum atomic E-state index is -1.13. The highest BCUT2D eigenvalue weighted by Gasteiger charge is 2.55. The second kappa shape index (κ2) is 6.57. The Kier molecular flexibility index (Phi) is 4.22. The van der Waals surface area contributed by atoms with Crippen molar-refractivity contribution in [2.45, 2.75) is 25.3 Å². The number of nitrogens with zero attached hydrogens (tertiary/aromatic N) is 2. The predicted octanol–water partition coefficient (Wildman–Crippen LogP) is 2.12. The molecule has 2 heterocycles. The smallest absolute Gasteiger partial charge is 0.321 e. The molecule has 0 radical (unpaired) electrons. The summed E-state index contributed by atoms with van der Waals surface area (Å²) < 4.78 is 18.9. The van der Waals surface area contributed by atoms with Crippen molar-refractivity contribution in [2.24, 2.45) is 10.9 Å². The number of benzene rings is 1. The second-order valence-electron chi connectivity index (χ2n) is 6.58. The zero-order chi connectivity index (χ0) is 19.0. The van der Waals surface area contributed by atoms with E-state index < -0.39 is 23.3 Å².